The molecule has 1 amide bonds. The van der Waals surface area contributed by atoms with Gasteiger partial charge in [-0.1, -0.05) is 16.8 Å². The zero-order valence-electron chi connectivity index (χ0n) is 15.0. The second-order valence-electron chi connectivity index (χ2n) is 6.35. The monoisotopic (exact) mass is 387 g/mol. The van der Waals surface area contributed by atoms with E-state index in [-0.39, 0.29) is 12.5 Å². The zero-order chi connectivity index (χ0) is 19.0. The Hall–Kier alpha value is -2.87. The van der Waals surface area contributed by atoms with Gasteiger partial charge in [0.05, 0.1) is 0 Å². The highest BCUT2D eigenvalue weighted by Crippen LogP contribution is 2.28. The third kappa shape index (κ3) is 3.52. The summed E-state index contributed by atoms with van der Waals surface area (Å²) in [5, 5.41) is 8.96. The van der Waals surface area contributed by atoms with Gasteiger partial charge in [0.15, 0.2) is 18.1 Å². The molecule has 9 heteroatoms. The minimum Gasteiger partial charge on any atom is -0.484 e. The SMILES string of the molecule is Cc1noc(-c2nn(C)c3c2CN(C(=O)COc2ccc(Cl)cc2)CC3)n1. The molecule has 140 valence electrons. The molecule has 2 aromatic heterocycles. The Morgan fingerprint density at radius 1 is 1.33 bits per heavy atom. The molecule has 0 aliphatic carbocycles. The van der Waals surface area contributed by atoms with E-state index in [4.69, 9.17) is 20.9 Å². The van der Waals surface area contributed by atoms with Crippen LogP contribution >= 0.6 is 11.6 Å². The molecular formula is C18H18ClN5O3. The van der Waals surface area contributed by atoms with Gasteiger partial charge in [-0.15, -0.1) is 0 Å². The van der Waals surface area contributed by atoms with Crippen molar-refractivity contribution in [2.45, 2.75) is 19.9 Å². The zero-order valence-corrected chi connectivity index (χ0v) is 15.7. The van der Waals surface area contributed by atoms with Gasteiger partial charge in [0, 0.05) is 42.8 Å². The normalized spacial score (nSPS) is 13.5. The molecule has 0 N–H and O–H groups in total. The lowest BCUT2D eigenvalue weighted by Gasteiger charge is -2.27. The second kappa shape index (κ2) is 7.03. The average molecular weight is 388 g/mol. The first kappa shape index (κ1) is 17.5. The highest BCUT2D eigenvalue weighted by Gasteiger charge is 2.29. The van der Waals surface area contributed by atoms with E-state index in [1.54, 1.807) is 36.1 Å². The standard InChI is InChI=1S/C18H18ClN5O3/c1-11-20-18(27-22-11)17-14-9-24(8-7-15(14)23(2)21-17)16(25)10-26-13-5-3-12(19)4-6-13/h3-6H,7-10H2,1-2H3. The molecule has 1 aliphatic rings. The lowest BCUT2D eigenvalue weighted by atomic mass is 10.0. The van der Waals surface area contributed by atoms with Crippen molar-refractivity contribution in [3.63, 3.8) is 0 Å². The van der Waals surface area contributed by atoms with Crippen molar-refractivity contribution in [3.05, 3.63) is 46.4 Å². The minimum absolute atomic E-state index is 0.0355. The van der Waals surface area contributed by atoms with Crippen LogP contribution in [0.15, 0.2) is 28.8 Å². The van der Waals surface area contributed by atoms with Crippen LogP contribution in [-0.4, -0.2) is 43.9 Å². The smallest absolute Gasteiger partial charge is 0.278 e. The Kier molecular flexibility index (Phi) is 4.57. The van der Waals surface area contributed by atoms with E-state index in [2.05, 4.69) is 15.2 Å². The Labute approximate surface area is 160 Å². The Bertz CT molecular complexity index is 980. The third-order valence-corrected chi connectivity index (χ3v) is 4.75. The maximum absolute atomic E-state index is 12.6. The van der Waals surface area contributed by atoms with Crippen molar-refractivity contribution in [2.75, 3.05) is 13.2 Å². The van der Waals surface area contributed by atoms with Gasteiger partial charge >= 0.3 is 0 Å². The number of carbonyl (C=O) groups excluding carboxylic acids is 1. The molecule has 8 nitrogen and oxygen atoms in total. The summed E-state index contributed by atoms with van der Waals surface area (Å²) >= 11 is 5.86. The molecule has 1 aromatic carbocycles. The van der Waals surface area contributed by atoms with Gasteiger partial charge in [-0.05, 0) is 31.2 Å². The van der Waals surface area contributed by atoms with E-state index in [1.165, 1.54) is 0 Å². The van der Waals surface area contributed by atoms with Gasteiger partial charge in [-0.2, -0.15) is 10.1 Å². The van der Waals surface area contributed by atoms with Gasteiger partial charge in [-0.25, -0.2) is 0 Å². The highest BCUT2D eigenvalue weighted by molar-refractivity contribution is 6.30. The quantitative estimate of drug-likeness (QED) is 0.683. The minimum atomic E-state index is -0.0906. The lowest BCUT2D eigenvalue weighted by Crippen LogP contribution is -2.39. The molecular weight excluding hydrogens is 370 g/mol. The fourth-order valence-corrected chi connectivity index (χ4v) is 3.26. The summed E-state index contributed by atoms with van der Waals surface area (Å²) < 4.78 is 12.7. The van der Waals surface area contributed by atoms with E-state index in [9.17, 15) is 4.79 Å². The molecule has 0 unspecified atom stereocenters. The molecule has 4 rings (SSSR count). The van der Waals surface area contributed by atoms with Crippen LogP contribution in [0.3, 0.4) is 0 Å². The summed E-state index contributed by atoms with van der Waals surface area (Å²) in [6, 6.07) is 6.92. The number of halogens is 1. The van der Waals surface area contributed by atoms with E-state index in [0.717, 1.165) is 11.3 Å². The summed E-state index contributed by atoms with van der Waals surface area (Å²) in [6.07, 6.45) is 0.707. The molecule has 0 atom stereocenters. The predicted molar refractivity (Wildman–Crippen MR) is 97.3 cm³/mol. The molecule has 3 heterocycles. The summed E-state index contributed by atoms with van der Waals surface area (Å²) in [6.45, 7) is 2.76. The van der Waals surface area contributed by atoms with Crippen molar-refractivity contribution in [1.29, 1.82) is 0 Å². The number of nitrogens with zero attached hydrogens (tertiary/aromatic N) is 5. The molecule has 0 spiro atoms. The van der Waals surface area contributed by atoms with Crippen LogP contribution in [0.2, 0.25) is 5.02 Å². The van der Waals surface area contributed by atoms with Crippen LogP contribution in [0.25, 0.3) is 11.6 Å². The summed E-state index contributed by atoms with van der Waals surface area (Å²) in [5.74, 6) is 1.43. The number of fused-ring (bicyclic) bond motifs is 1. The van der Waals surface area contributed by atoms with Gasteiger partial charge in [-0.3, -0.25) is 9.48 Å². The maximum Gasteiger partial charge on any atom is 0.278 e. The summed E-state index contributed by atoms with van der Waals surface area (Å²) in [4.78, 5) is 18.6. The average Bonchev–Trinajstić information content (AvgIpc) is 3.24. The Morgan fingerprint density at radius 3 is 2.81 bits per heavy atom. The van der Waals surface area contributed by atoms with Crippen LogP contribution in [0.1, 0.15) is 17.1 Å². The van der Waals surface area contributed by atoms with Crippen LogP contribution in [0.5, 0.6) is 5.75 Å². The first-order valence-corrected chi connectivity index (χ1v) is 8.90. The number of benzene rings is 1. The predicted octanol–water partition coefficient (Wildman–Crippen LogP) is 2.40. The van der Waals surface area contributed by atoms with Crippen molar-refractivity contribution in [1.82, 2.24) is 24.8 Å². The summed E-state index contributed by atoms with van der Waals surface area (Å²) in [5.41, 5.74) is 2.64. The van der Waals surface area contributed by atoms with Crippen LogP contribution < -0.4 is 4.74 Å². The van der Waals surface area contributed by atoms with E-state index in [1.807, 2.05) is 11.7 Å². The topological polar surface area (TPSA) is 86.3 Å². The number of amides is 1. The molecule has 0 radical (unpaired) electrons. The van der Waals surface area contributed by atoms with Gasteiger partial charge in [0.25, 0.3) is 11.8 Å². The number of rotatable bonds is 4. The fraction of sp³-hybridized carbons (Fsp3) is 0.333. The number of carbonyl (C=O) groups is 1. The molecule has 1 aliphatic heterocycles. The van der Waals surface area contributed by atoms with Gasteiger partial charge < -0.3 is 14.2 Å². The van der Waals surface area contributed by atoms with Gasteiger partial charge in [0.2, 0.25) is 0 Å². The molecule has 3 aromatic rings. The Balaban J connectivity index is 1.49. The first-order valence-electron chi connectivity index (χ1n) is 8.53. The Morgan fingerprint density at radius 2 is 2.11 bits per heavy atom. The lowest BCUT2D eigenvalue weighted by molar-refractivity contribution is -0.134. The first-order chi connectivity index (χ1) is 13.0. The maximum atomic E-state index is 12.6. The third-order valence-electron chi connectivity index (χ3n) is 4.50. The van der Waals surface area contributed by atoms with E-state index < -0.39 is 0 Å². The van der Waals surface area contributed by atoms with Crippen molar-refractivity contribution >= 4 is 17.5 Å². The number of hydrogen-bond donors (Lipinski definition) is 0. The number of hydrogen-bond acceptors (Lipinski definition) is 6. The van der Waals surface area contributed by atoms with Crippen LogP contribution in [0.4, 0.5) is 0 Å². The fourth-order valence-electron chi connectivity index (χ4n) is 3.14. The number of ether oxygens (including phenoxy) is 1. The molecule has 27 heavy (non-hydrogen) atoms. The van der Waals surface area contributed by atoms with Crippen LogP contribution in [0, 0.1) is 6.92 Å². The van der Waals surface area contributed by atoms with Gasteiger partial charge in [0.1, 0.15) is 5.75 Å². The van der Waals surface area contributed by atoms with Crippen molar-refractivity contribution in [2.24, 2.45) is 7.05 Å². The largest absolute Gasteiger partial charge is 0.484 e. The molecule has 0 bridgehead atoms. The van der Waals surface area contributed by atoms with E-state index >= 15 is 0 Å². The molecule has 0 saturated carbocycles. The van der Waals surface area contributed by atoms with Crippen LogP contribution in [-0.2, 0) is 24.8 Å². The highest BCUT2D eigenvalue weighted by atomic mass is 35.5. The number of aryl methyl sites for hydroxylation is 2. The second-order valence-corrected chi connectivity index (χ2v) is 6.79. The summed E-state index contributed by atoms with van der Waals surface area (Å²) in [7, 11) is 1.88. The van der Waals surface area contributed by atoms with Crippen molar-refractivity contribution in [3.8, 4) is 17.3 Å². The van der Waals surface area contributed by atoms with Crippen molar-refractivity contribution < 1.29 is 14.1 Å². The number of aromatic nitrogens is 4. The molecule has 0 saturated heterocycles. The molecule has 0 fully saturated rings. The van der Waals surface area contributed by atoms with E-state index in [0.29, 0.717) is 47.7 Å².